The van der Waals surface area contributed by atoms with Gasteiger partial charge in [0.15, 0.2) is 5.82 Å². The molecule has 0 spiro atoms. The van der Waals surface area contributed by atoms with Crippen molar-refractivity contribution in [3.05, 3.63) is 88.5 Å². The Labute approximate surface area is 213 Å². The molecule has 10 nitrogen and oxygen atoms in total. The summed E-state index contributed by atoms with van der Waals surface area (Å²) in [6.07, 6.45) is 8.22. The lowest BCUT2D eigenvalue weighted by molar-refractivity contribution is 0.657. The molecule has 0 amide bonds. The van der Waals surface area contributed by atoms with Gasteiger partial charge in [0.05, 0.1) is 17.8 Å². The van der Waals surface area contributed by atoms with E-state index in [4.69, 9.17) is 0 Å². The predicted molar refractivity (Wildman–Crippen MR) is 139 cm³/mol. The molecule has 0 aliphatic carbocycles. The minimum absolute atomic E-state index is 0.178. The monoisotopic (exact) mass is 493 g/mol. The molecule has 0 aliphatic rings. The van der Waals surface area contributed by atoms with Crippen LogP contribution in [0.1, 0.15) is 43.6 Å². The summed E-state index contributed by atoms with van der Waals surface area (Å²) >= 11 is 0. The van der Waals surface area contributed by atoms with Crippen molar-refractivity contribution < 1.29 is 0 Å². The van der Waals surface area contributed by atoms with Crippen LogP contribution in [0.25, 0.3) is 28.3 Å². The molecule has 5 aromatic rings. The first-order valence-electron chi connectivity index (χ1n) is 12.3. The third-order valence-corrected chi connectivity index (χ3v) is 6.42. The van der Waals surface area contributed by atoms with E-state index in [1.54, 1.807) is 21.4 Å². The van der Waals surface area contributed by atoms with E-state index in [0.29, 0.717) is 30.3 Å². The van der Waals surface area contributed by atoms with Crippen molar-refractivity contribution in [3.63, 3.8) is 0 Å². The molecular weight excluding hydrogens is 466 g/mol. The van der Waals surface area contributed by atoms with Gasteiger partial charge in [-0.05, 0) is 65.6 Å². The minimum Gasteiger partial charge on any atom is -0.333 e. The number of imidazole rings is 1. The Morgan fingerprint density at radius 3 is 2.68 bits per heavy atom. The second-order valence-electron chi connectivity index (χ2n) is 8.78. The van der Waals surface area contributed by atoms with Gasteiger partial charge in [-0.3, -0.25) is 14.1 Å². The largest absolute Gasteiger partial charge is 0.334 e. The third kappa shape index (κ3) is 4.71. The number of unbranched alkanes of at least 4 members (excludes halogenated alkanes) is 1. The summed E-state index contributed by atoms with van der Waals surface area (Å²) in [7, 11) is 0. The molecule has 0 unspecified atom stereocenters. The lowest BCUT2D eigenvalue weighted by Gasteiger charge is -2.09. The molecule has 4 heterocycles. The van der Waals surface area contributed by atoms with Crippen LogP contribution in [0.3, 0.4) is 0 Å². The maximum absolute atomic E-state index is 13.7. The van der Waals surface area contributed by atoms with Gasteiger partial charge in [0, 0.05) is 36.4 Å². The third-order valence-electron chi connectivity index (χ3n) is 6.42. The molecule has 1 aromatic carbocycles. The Morgan fingerprint density at radius 2 is 1.92 bits per heavy atom. The summed E-state index contributed by atoms with van der Waals surface area (Å²) in [5.41, 5.74) is 4.85. The first kappa shape index (κ1) is 23.9. The molecule has 0 saturated carbocycles. The maximum atomic E-state index is 13.7. The molecule has 4 aromatic heterocycles. The number of aromatic amines is 1. The van der Waals surface area contributed by atoms with Gasteiger partial charge in [0.25, 0.3) is 0 Å². The lowest BCUT2D eigenvalue weighted by Crippen LogP contribution is -2.26. The average molecular weight is 494 g/mol. The number of nitrogens with zero attached hydrogens (tertiary/aromatic N) is 8. The van der Waals surface area contributed by atoms with E-state index in [1.807, 2.05) is 60.3 Å². The van der Waals surface area contributed by atoms with Crippen LogP contribution in [0.2, 0.25) is 0 Å². The molecule has 0 aliphatic heterocycles. The van der Waals surface area contributed by atoms with Crippen molar-refractivity contribution in [1.82, 2.24) is 39.3 Å². The topological polar surface area (TPSA) is 123 Å². The molecule has 1 N–H and O–H groups in total. The van der Waals surface area contributed by atoms with Crippen LogP contribution in [-0.2, 0) is 19.5 Å². The van der Waals surface area contributed by atoms with Gasteiger partial charge < -0.3 is 4.57 Å². The number of hydrogen-bond acceptors (Lipinski definition) is 6. The summed E-state index contributed by atoms with van der Waals surface area (Å²) in [5.74, 6) is 1.20. The molecule has 0 atom stereocenters. The van der Waals surface area contributed by atoms with Crippen LogP contribution in [0.5, 0.6) is 0 Å². The zero-order valence-electron chi connectivity index (χ0n) is 20.8. The zero-order valence-corrected chi connectivity index (χ0v) is 20.8. The van der Waals surface area contributed by atoms with Gasteiger partial charge in [-0.25, -0.2) is 9.89 Å². The molecule has 10 heteroatoms. The number of benzene rings is 1. The fraction of sp³-hybridized carbons (Fsp3) is 0.259. The van der Waals surface area contributed by atoms with E-state index in [2.05, 4.69) is 38.6 Å². The van der Waals surface area contributed by atoms with Crippen molar-refractivity contribution in [2.75, 3.05) is 0 Å². The molecule has 0 saturated heterocycles. The minimum atomic E-state index is -0.178. The van der Waals surface area contributed by atoms with E-state index in [9.17, 15) is 10.1 Å². The van der Waals surface area contributed by atoms with Gasteiger partial charge in [0.1, 0.15) is 11.9 Å². The number of nitrogens with one attached hydrogen (secondary N) is 1. The second kappa shape index (κ2) is 10.5. The smallest absolute Gasteiger partial charge is 0.333 e. The summed E-state index contributed by atoms with van der Waals surface area (Å²) in [4.78, 5) is 18.2. The van der Waals surface area contributed by atoms with Crippen LogP contribution < -0.4 is 5.69 Å². The molecule has 186 valence electrons. The van der Waals surface area contributed by atoms with Crippen LogP contribution in [0.15, 0.2) is 65.8 Å². The fourth-order valence-electron chi connectivity index (χ4n) is 4.51. The van der Waals surface area contributed by atoms with E-state index in [1.165, 1.54) is 0 Å². The van der Waals surface area contributed by atoms with E-state index in [0.717, 1.165) is 47.3 Å². The molecular formula is C27H27N9O. The van der Waals surface area contributed by atoms with Crippen molar-refractivity contribution in [3.8, 4) is 34.4 Å². The van der Waals surface area contributed by atoms with Crippen molar-refractivity contribution in [2.45, 2.75) is 46.2 Å². The van der Waals surface area contributed by atoms with Crippen molar-refractivity contribution >= 4 is 0 Å². The van der Waals surface area contributed by atoms with Crippen molar-refractivity contribution in [2.24, 2.45) is 0 Å². The summed E-state index contributed by atoms with van der Waals surface area (Å²) in [5, 5.41) is 23.7. The normalized spacial score (nSPS) is 11.1. The number of tetrazole rings is 1. The molecule has 0 fully saturated rings. The number of H-pyrrole nitrogens is 1. The molecule has 0 radical (unpaired) electrons. The summed E-state index contributed by atoms with van der Waals surface area (Å²) < 4.78 is 5.29. The zero-order chi connectivity index (χ0) is 25.8. The number of hydrogen-bond donors (Lipinski definition) is 1. The standard InChI is InChI=1S/C27H27N9O/c1-3-5-9-24-18-36(26-22(16-28)11-13-34(26)4-2)27(37)35(24)17-23-15-20(10-12-29-23)19-7-6-8-21(14-19)25-30-32-33-31-25/h6-8,10-15,18H,3-5,9,17H2,1-2H3,(H,30,31,32,33). The van der Waals surface area contributed by atoms with E-state index >= 15 is 0 Å². The van der Waals surface area contributed by atoms with Gasteiger partial charge in [0.2, 0.25) is 0 Å². The Hall–Kier alpha value is -4.78. The number of aryl methyl sites for hydroxylation is 2. The first-order chi connectivity index (χ1) is 18.1. The van der Waals surface area contributed by atoms with E-state index in [-0.39, 0.29) is 5.69 Å². The number of aromatic nitrogens is 8. The number of rotatable bonds is 9. The summed E-state index contributed by atoms with van der Waals surface area (Å²) in [6, 6.07) is 15.8. The highest BCUT2D eigenvalue weighted by molar-refractivity contribution is 5.70. The van der Waals surface area contributed by atoms with E-state index < -0.39 is 0 Å². The quantitative estimate of drug-likeness (QED) is 0.331. The second-order valence-corrected chi connectivity index (χ2v) is 8.78. The van der Waals surface area contributed by atoms with Crippen LogP contribution in [-0.4, -0.2) is 39.3 Å². The highest BCUT2D eigenvalue weighted by Crippen LogP contribution is 2.25. The Bertz CT molecular complexity index is 1620. The Balaban J connectivity index is 1.53. The van der Waals surface area contributed by atoms with Gasteiger partial charge >= 0.3 is 5.69 Å². The first-order valence-corrected chi connectivity index (χ1v) is 12.3. The highest BCUT2D eigenvalue weighted by atomic mass is 16.1. The van der Waals surface area contributed by atoms with Crippen LogP contribution >= 0.6 is 0 Å². The van der Waals surface area contributed by atoms with Crippen LogP contribution in [0, 0.1) is 11.3 Å². The molecule has 37 heavy (non-hydrogen) atoms. The Morgan fingerprint density at radius 1 is 1.08 bits per heavy atom. The number of nitriles is 1. The molecule has 5 rings (SSSR count). The fourth-order valence-corrected chi connectivity index (χ4v) is 4.51. The number of pyridine rings is 1. The summed E-state index contributed by atoms with van der Waals surface area (Å²) in [6.45, 7) is 5.11. The van der Waals surface area contributed by atoms with Gasteiger partial charge in [-0.1, -0.05) is 31.5 Å². The lowest BCUT2D eigenvalue weighted by atomic mass is 10.0. The van der Waals surface area contributed by atoms with Crippen molar-refractivity contribution in [1.29, 1.82) is 5.26 Å². The SMILES string of the molecule is CCCCc1cn(-c2c(C#N)ccn2CC)c(=O)n1Cc1cc(-c2cccc(-c3nnn[nH]3)c2)ccn1. The highest BCUT2D eigenvalue weighted by Gasteiger charge is 2.18. The van der Waals surface area contributed by atoms with Gasteiger partial charge in [-0.15, -0.1) is 5.10 Å². The van der Waals surface area contributed by atoms with Crippen LogP contribution in [0.4, 0.5) is 0 Å². The Kier molecular flexibility index (Phi) is 6.76. The van der Waals surface area contributed by atoms with Gasteiger partial charge in [-0.2, -0.15) is 5.26 Å². The molecule has 0 bridgehead atoms. The maximum Gasteiger partial charge on any atom is 0.334 e. The average Bonchev–Trinajstić information content (AvgIpc) is 3.68. The predicted octanol–water partition coefficient (Wildman–Crippen LogP) is 3.97.